The molecule has 8 heteroatoms. The predicted octanol–water partition coefficient (Wildman–Crippen LogP) is 0.0141. The second-order valence-electron chi connectivity index (χ2n) is 5.09. The van der Waals surface area contributed by atoms with Gasteiger partial charge in [0.05, 0.1) is 11.6 Å². The van der Waals surface area contributed by atoms with Gasteiger partial charge in [0.1, 0.15) is 11.6 Å². The number of hydrogen-bond donors (Lipinski definition) is 3. The number of aromatic nitrogens is 2. The van der Waals surface area contributed by atoms with Gasteiger partial charge in [0.25, 0.3) is 5.56 Å². The van der Waals surface area contributed by atoms with Gasteiger partial charge in [0, 0.05) is 14.1 Å². The van der Waals surface area contributed by atoms with Crippen LogP contribution in [0.15, 0.2) is 33.9 Å². The molecule has 2 amide bonds. The van der Waals surface area contributed by atoms with Gasteiger partial charge >= 0.3 is 11.7 Å². The lowest BCUT2D eigenvalue weighted by molar-refractivity contribution is 0.248. The Labute approximate surface area is 124 Å². The maximum absolute atomic E-state index is 12.5. The average Bonchev–Trinajstić information content (AvgIpc) is 2.50. The van der Waals surface area contributed by atoms with E-state index >= 15 is 0 Å². The second kappa shape index (κ2) is 4.76. The molecule has 0 radical (unpaired) electrons. The number of amides is 2. The Morgan fingerprint density at radius 3 is 2.55 bits per heavy atom. The van der Waals surface area contributed by atoms with Crippen molar-refractivity contribution < 1.29 is 9.90 Å². The van der Waals surface area contributed by atoms with Crippen LogP contribution in [-0.4, -0.2) is 20.3 Å². The highest BCUT2D eigenvalue weighted by Crippen LogP contribution is 2.29. The van der Waals surface area contributed by atoms with Crippen molar-refractivity contribution in [1.29, 1.82) is 0 Å². The van der Waals surface area contributed by atoms with Crippen molar-refractivity contribution >= 4 is 11.8 Å². The molecule has 2 heterocycles. The summed E-state index contributed by atoms with van der Waals surface area (Å²) in [6, 6.07) is 4.98. The van der Waals surface area contributed by atoms with E-state index in [1.54, 1.807) is 12.1 Å². The molecule has 1 unspecified atom stereocenters. The summed E-state index contributed by atoms with van der Waals surface area (Å²) < 4.78 is 2.19. The first-order valence-electron chi connectivity index (χ1n) is 6.56. The quantitative estimate of drug-likeness (QED) is 0.690. The van der Waals surface area contributed by atoms with Crippen molar-refractivity contribution in [3.8, 4) is 5.75 Å². The SMILES string of the molecule is Cn1c2c(c(=O)n(C)c1=O)C(c1cccc(O)c1)NC(=O)N2. The largest absolute Gasteiger partial charge is 0.508 e. The summed E-state index contributed by atoms with van der Waals surface area (Å²) in [5.41, 5.74) is -0.235. The van der Waals surface area contributed by atoms with Gasteiger partial charge in [-0.2, -0.15) is 0 Å². The highest BCUT2D eigenvalue weighted by molar-refractivity contribution is 5.92. The number of carbonyl (C=O) groups is 1. The molecule has 1 aliphatic rings. The molecule has 0 aliphatic carbocycles. The molecule has 0 spiro atoms. The van der Waals surface area contributed by atoms with Gasteiger partial charge in [-0.25, -0.2) is 9.59 Å². The van der Waals surface area contributed by atoms with Crippen molar-refractivity contribution in [1.82, 2.24) is 14.5 Å². The molecule has 2 aromatic rings. The van der Waals surface area contributed by atoms with E-state index in [1.165, 1.54) is 30.8 Å². The molecule has 0 saturated heterocycles. The van der Waals surface area contributed by atoms with Crippen LogP contribution in [0.3, 0.4) is 0 Å². The molecule has 3 N–H and O–H groups in total. The number of nitrogens with one attached hydrogen (secondary N) is 2. The number of urea groups is 1. The van der Waals surface area contributed by atoms with Crippen LogP contribution < -0.4 is 21.9 Å². The lowest BCUT2D eigenvalue weighted by atomic mass is 9.98. The number of hydrogen-bond acceptors (Lipinski definition) is 4. The number of phenols is 1. The van der Waals surface area contributed by atoms with E-state index < -0.39 is 23.3 Å². The molecule has 3 rings (SSSR count). The molecule has 1 aliphatic heterocycles. The first-order chi connectivity index (χ1) is 10.4. The van der Waals surface area contributed by atoms with Crippen molar-refractivity contribution in [2.24, 2.45) is 14.1 Å². The van der Waals surface area contributed by atoms with E-state index in [4.69, 9.17) is 0 Å². The van der Waals surface area contributed by atoms with Gasteiger partial charge in [-0.1, -0.05) is 12.1 Å². The van der Waals surface area contributed by atoms with Crippen LogP contribution in [0.5, 0.6) is 5.75 Å². The third-order valence-electron chi connectivity index (χ3n) is 3.70. The van der Waals surface area contributed by atoms with Gasteiger partial charge in [-0.15, -0.1) is 0 Å². The second-order valence-corrected chi connectivity index (χ2v) is 5.09. The third-order valence-corrected chi connectivity index (χ3v) is 3.70. The van der Waals surface area contributed by atoms with Gasteiger partial charge in [-0.3, -0.25) is 19.2 Å². The van der Waals surface area contributed by atoms with Crippen LogP contribution >= 0.6 is 0 Å². The molecule has 0 saturated carbocycles. The number of anilines is 1. The molecule has 1 atom stereocenters. The molecular weight excluding hydrogens is 288 g/mol. The highest BCUT2D eigenvalue weighted by atomic mass is 16.3. The fourth-order valence-corrected chi connectivity index (χ4v) is 2.58. The Bertz CT molecular complexity index is 897. The van der Waals surface area contributed by atoms with E-state index in [0.29, 0.717) is 5.56 Å². The molecule has 0 bridgehead atoms. The monoisotopic (exact) mass is 302 g/mol. The van der Waals surface area contributed by atoms with Crippen LogP contribution in [0.1, 0.15) is 17.2 Å². The minimum absolute atomic E-state index is 0.0217. The lowest BCUT2D eigenvalue weighted by Gasteiger charge is -2.28. The van der Waals surface area contributed by atoms with Gasteiger partial charge < -0.3 is 10.4 Å². The van der Waals surface area contributed by atoms with Crippen LogP contribution in [-0.2, 0) is 14.1 Å². The Morgan fingerprint density at radius 1 is 1.14 bits per heavy atom. The van der Waals surface area contributed by atoms with Gasteiger partial charge in [0.15, 0.2) is 0 Å². The van der Waals surface area contributed by atoms with Gasteiger partial charge in [-0.05, 0) is 17.7 Å². The molecule has 1 aromatic heterocycles. The fourth-order valence-electron chi connectivity index (χ4n) is 2.58. The summed E-state index contributed by atoms with van der Waals surface area (Å²) in [5, 5.41) is 14.7. The molecule has 0 fully saturated rings. The summed E-state index contributed by atoms with van der Waals surface area (Å²) in [5.74, 6) is 0.179. The zero-order chi connectivity index (χ0) is 16.0. The predicted molar refractivity (Wildman–Crippen MR) is 79.0 cm³/mol. The van der Waals surface area contributed by atoms with Crippen molar-refractivity contribution in [2.45, 2.75) is 6.04 Å². The van der Waals surface area contributed by atoms with E-state index in [2.05, 4.69) is 10.6 Å². The van der Waals surface area contributed by atoms with Crippen molar-refractivity contribution in [3.05, 3.63) is 56.2 Å². The summed E-state index contributed by atoms with van der Waals surface area (Å²) in [4.78, 5) is 36.3. The summed E-state index contributed by atoms with van der Waals surface area (Å²) in [6.07, 6.45) is 0. The standard InChI is InChI=1S/C14H14N4O4/c1-17-11-9(12(20)18(2)14(17)22)10(15-13(21)16-11)7-4-3-5-8(19)6-7/h3-6,10,19H,1-2H3,(H2,15,16,21). The number of fused-ring (bicyclic) bond motifs is 1. The number of phenolic OH excluding ortho intramolecular Hbond substituents is 1. The summed E-state index contributed by atoms with van der Waals surface area (Å²) in [7, 11) is 2.85. The first kappa shape index (κ1) is 13.9. The molecule has 114 valence electrons. The molecule has 22 heavy (non-hydrogen) atoms. The summed E-state index contributed by atoms with van der Waals surface area (Å²) >= 11 is 0. The van der Waals surface area contributed by atoms with Crippen molar-refractivity contribution in [2.75, 3.05) is 5.32 Å². The molecular formula is C14H14N4O4. The Balaban J connectivity index is 2.33. The number of nitrogens with zero attached hydrogens (tertiary/aromatic N) is 2. The Kier molecular flexibility index (Phi) is 3.01. The smallest absolute Gasteiger partial charge is 0.332 e. The van der Waals surface area contributed by atoms with E-state index in [1.807, 2.05) is 0 Å². The number of benzene rings is 1. The minimum Gasteiger partial charge on any atom is -0.508 e. The van der Waals surface area contributed by atoms with Crippen LogP contribution in [0.4, 0.5) is 10.6 Å². The Morgan fingerprint density at radius 2 is 1.86 bits per heavy atom. The zero-order valence-corrected chi connectivity index (χ0v) is 12.0. The van der Waals surface area contributed by atoms with Gasteiger partial charge in [0.2, 0.25) is 0 Å². The van der Waals surface area contributed by atoms with Crippen LogP contribution in [0, 0.1) is 0 Å². The number of carbonyl (C=O) groups excluding carboxylic acids is 1. The highest BCUT2D eigenvalue weighted by Gasteiger charge is 2.31. The maximum Gasteiger partial charge on any atom is 0.332 e. The fraction of sp³-hybridized carbons (Fsp3) is 0.214. The van der Waals surface area contributed by atoms with E-state index in [-0.39, 0.29) is 17.1 Å². The summed E-state index contributed by atoms with van der Waals surface area (Å²) in [6.45, 7) is 0. The minimum atomic E-state index is -0.749. The van der Waals surface area contributed by atoms with Crippen molar-refractivity contribution in [3.63, 3.8) is 0 Å². The van der Waals surface area contributed by atoms with Crippen LogP contribution in [0.2, 0.25) is 0 Å². The van der Waals surface area contributed by atoms with Crippen LogP contribution in [0.25, 0.3) is 0 Å². The van der Waals surface area contributed by atoms with E-state index in [0.717, 1.165) is 4.57 Å². The Hall–Kier alpha value is -3.03. The normalized spacial score (nSPS) is 16.6. The zero-order valence-electron chi connectivity index (χ0n) is 12.0. The number of aromatic hydroxyl groups is 1. The molecule has 8 nitrogen and oxygen atoms in total. The first-order valence-corrected chi connectivity index (χ1v) is 6.56. The third kappa shape index (κ3) is 1.96. The molecule has 1 aromatic carbocycles. The number of rotatable bonds is 1. The topological polar surface area (TPSA) is 105 Å². The lowest BCUT2D eigenvalue weighted by Crippen LogP contribution is -2.49. The average molecular weight is 302 g/mol. The maximum atomic E-state index is 12.5. The van der Waals surface area contributed by atoms with E-state index in [9.17, 15) is 19.5 Å².